The third-order valence-electron chi connectivity index (χ3n) is 3.13. The van der Waals surface area contributed by atoms with Gasteiger partial charge in [0.25, 0.3) is 0 Å². The van der Waals surface area contributed by atoms with Crippen molar-refractivity contribution in [1.29, 1.82) is 0 Å². The fourth-order valence-electron chi connectivity index (χ4n) is 2.06. The molecule has 16 heavy (non-hydrogen) atoms. The van der Waals surface area contributed by atoms with Gasteiger partial charge in [0, 0.05) is 18.1 Å². The summed E-state index contributed by atoms with van der Waals surface area (Å²) >= 11 is 0. The normalized spacial score (nSPS) is 18.6. The van der Waals surface area contributed by atoms with Gasteiger partial charge in [0.1, 0.15) is 9.84 Å². The Morgan fingerprint density at radius 3 is 2.50 bits per heavy atom. The van der Waals surface area contributed by atoms with Crippen molar-refractivity contribution in [3.63, 3.8) is 0 Å². The molecule has 1 aliphatic carbocycles. The van der Waals surface area contributed by atoms with E-state index in [9.17, 15) is 8.42 Å². The Kier molecular flexibility index (Phi) is 5.76. The average Bonchev–Trinajstić information content (AvgIpc) is 2.98. The monoisotopic (exact) mass is 247 g/mol. The number of hydrogen-bond donors (Lipinski definition) is 1. The molecule has 1 atom stereocenters. The molecule has 1 rings (SSSR count). The molecule has 0 saturated heterocycles. The summed E-state index contributed by atoms with van der Waals surface area (Å²) in [6.45, 7) is 3.27. The van der Waals surface area contributed by atoms with E-state index in [0.717, 1.165) is 31.7 Å². The highest BCUT2D eigenvalue weighted by Gasteiger charge is 2.29. The molecule has 1 unspecified atom stereocenters. The molecule has 96 valence electrons. The maximum Gasteiger partial charge on any atom is 0.147 e. The predicted octanol–water partition coefficient (Wildman–Crippen LogP) is 1.98. The summed E-state index contributed by atoms with van der Waals surface area (Å²) in [6, 6.07) is 0.638. The largest absolute Gasteiger partial charge is 0.314 e. The number of nitrogens with one attached hydrogen (secondary N) is 1. The molecule has 0 aromatic carbocycles. The zero-order valence-corrected chi connectivity index (χ0v) is 11.4. The molecule has 0 bridgehead atoms. The smallest absolute Gasteiger partial charge is 0.147 e. The molecule has 0 spiro atoms. The van der Waals surface area contributed by atoms with Gasteiger partial charge in [0.05, 0.1) is 0 Å². The van der Waals surface area contributed by atoms with Crippen molar-refractivity contribution in [3.8, 4) is 0 Å². The zero-order valence-electron chi connectivity index (χ0n) is 10.5. The summed E-state index contributed by atoms with van der Waals surface area (Å²) in [5.74, 6) is 1.21. The Balaban J connectivity index is 2.12. The molecule has 0 aromatic heterocycles. The lowest BCUT2D eigenvalue weighted by Gasteiger charge is -2.17. The van der Waals surface area contributed by atoms with Gasteiger partial charge in [-0.2, -0.15) is 0 Å². The summed E-state index contributed by atoms with van der Waals surface area (Å²) in [4.78, 5) is 0. The molecule has 1 saturated carbocycles. The van der Waals surface area contributed by atoms with Gasteiger partial charge >= 0.3 is 0 Å². The van der Waals surface area contributed by atoms with Crippen molar-refractivity contribution in [1.82, 2.24) is 5.32 Å². The Bertz CT molecular complexity index is 283. The van der Waals surface area contributed by atoms with Crippen LogP contribution in [0.1, 0.15) is 45.4 Å². The summed E-state index contributed by atoms with van der Waals surface area (Å²) in [7, 11) is -2.76. The molecule has 0 aromatic rings. The van der Waals surface area contributed by atoms with Crippen LogP contribution in [0.3, 0.4) is 0 Å². The van der Waals surface area contributed by atoms with E-state index in [2.05, 4.69) is 12.2 Å². The van der Waals surface area contributed by atoms with Crippen LogP contribution >= 0.6 is 0 Å². The lowest BCUT2D eigenvalue weighted by atomic mass is 10.1. The second-order valence-electron chi connectivity index (χ2n) is 5.02. The fourth-order valence-corrected chi connectivity index (χ4v) is 2.79. The molecule has 3 nitrogen and oxygen atoms in total. The first-order valence-electron chi connectivity index (χ1n) is 6.44. The quantitative estimate of drug-likeness (QED) is 0.634. The zero-order chi connectivity index (χ0) is 12.0. The van der Waals surface area contributed by atoms with Crippen LogP contribution in [-0.4, -0.2) is 33.0 Å². The van der Waals surface area contributed by atoms with E-state index in [0.29, 0.717) is 11.8 Å². The van der Waals surface area contributed by atoms with Crippen LogP contribution in [0.4, 0.5) is 0 Å². The van der Waals surface area contributed by atoms with Crippen LogP contribution in [0.15, 0.2) is 0 Å². The van der Waals surface area contributed by atoms with Crippen molar-refractivity contribution < 1.29 is 8.42 Å². The first kappa shape index (κ1) is 14.0. The van der Waals surface area contributed by atoms with Crippen LogP contribution in [0.2, 0.25) is 0 Å². The maximum absolute atomic E-state index is 11.0. The molecule has 0 amide bonds. The van der Waals surface area contributed by atoms with Gasteiger partial charge in [0.2, 0.25) is 0 Å². The molecule has 0 radical (unpaired) electrons. The van der Waals surface area contributed by atoms with Gasteiger partial charge in [0.15, 0.2) is 0 Å². The van der Waals surface area contributed by atoms with E-state index in [1.54, 1.807) is 0 Å². The average molecular weight is 247 g/mol. The first-order valence-corrected chi connectivity index (χ1v) is 8.50. The maximum atomic E-state index is 11.0. The molecular weight excluding hydrogens is 222 g/mol. The molecular formula is C12H25NO2S. The van der Waals surface area contributed by atoms with Crippen LogP contribution < -0.4 is 5.32 Å². The van der Waals surface area contributed by atoms with Crippen LogP contribution in [0.25, 0.3) is 0 Å². The summed E-state index contributed by atoms with van der Waals surface area (Å²) in [5.41, 5.74) is 0. The molecule has 0 aliphatic heterocycles. The molecule has 0 heterocycles. The number of rotatable bonds is 9. The molecule has 1 N–H and O–H groups in total. The van der Waals surface area contributed by atoms with Crippen LogP contribution in [-0.2, 0) is 9.84 Å². The minimum absolute atomic E-state index is 0.345. The van der Waals surface area contributed by atoms with Gasteiger partial charge in [-0.15, -0.1) is 0 Å². The van der Waals surface area contributed by atoms with Gasteiger partial charge in [-0.1, -0.05) is 13.3 Å². The third kappa shape index (κ3) is 6.48. The summed E-state index contributed by atoms with van der Waals surface area (Å²) in [6.07, 6.45) is 8.19. The minimum atomic E-state index is -2.76. The Morgan fingerprint density at radius 2 is 2.00 bits per heavy atom. The summed E-state index contributed by atoms with van der Waals surface area (Å²) in [5, 5.41) is 3.58. The Labute approximate surface area is 99.9 Å². The second kappa shape index (κ2) is 6.60. The van der Waals surface area contributed by atoms with Gasteiger partial charge in [-0.25, -0.2) is 8.42 Å². The van der Waals surface area contributed by atoms with Crippen molar-refractivity contribution in [2.24, 2.45) is 5.92 Å². The highest BCUT2D eigenvalue weighted by molar-refractivity contribution is 7.90. The number of sulfone groups is 1. The van der Waals surface area contributed by atoms with E-state index in [1.807, 2.05) is 0 Å². The topological polar surface area (TPSA) is 46.2 Å². The highest BCUT2D eigenvalue weighted by atomic mass is 32.2. The van der Waals surface area contributed by atoms with E-state index in [-0.39, 0.29) is 0 Å². The Morgan fingerprint density at radius 1 is 1.31 bits per heavy atom. The van der Waals surface area contributed by atoms with Crippen molar-refractivity contribution >= 4 is 9.84 Å². The lowest BCUT2D eigenvalue weighted by Crippen LogP contribution is -2.31. The number of unbranched alkanes of at least 4 members (excludes halogenated alkanes) is 1. The van der Waals surface area contributed by atoms with E-state index in [4.69, 9.17) is 0 Å². The minimum Gasteiger partial charge on any atom is -0.314 e. The van der Waals surface area contributed by atoms with E-state index < -0.39 is 9.84 Å². The molecule has 1 aliphatic rings. The van der Waals surface area contributed by atoms with Crippen molar-refractivity contribution in [3.05, 3.63) is 0 Å². The van der Waals surface area contributed by atoms with Crippen LogP contribution in [0.5, 0.6) is 0 Å². The standard InChI is InChI=1S/C12H25NO2S/c1-3-9-13-12(11-7-8-11)6-4-5-10-16(2,14)15/h11-13H,3-10H2,1-2H3. The van der Waals surface area contributed by atoms with E-state index >= 15 is 0 Å². The lowest BCUT2D eigenvalue weighted by molar-refractivity contribution is 0.423. The summed E-state index contributed by atoms with van der Waals surface area (Å²) < 4.78 is 22.0. The van der Waals surface area contributed by atoms with Gasteiger partial charge in [-0.05, 0) is 44.6 Å². The van der Waals surface area contributed by atoms with Crippen molar-refractivity contribution in [2.75, 3.05) is 18.6 Å². The number of hydrogen-bond acceptors (Lipinski definition) is 3. The van der Waals surface area contributed by atoms with Crippen LogP contribution in [0, 0.1) is 5.92 Å². The van der Waals surface area contributed by atoms with Gasteiger partial charge < -0.3 is 5.32 Å². The molecule has 1 fully saturated rings. The molecule has 4 heteroatoms. The highest BCUT2D eigenvalue weighted by Crippen LogP contribution is 2.34. The SMILES string of the molecule is CCCNC(CCCCS(C)(=O)=O)C1CC1. The fraction of sp³-hybridized carbons (Fsp3) is 1.00. The third-order valence-corrected chi connectivity index (χ3v) is 4.16. The van der Waals surface area contributed by atoms with Gasteiger partial charge in [-0.3, -0.25) is 0 Å². The van der Waals surface area contributed by atoms with E-state index in [1.165, 1.54) is 25.5 Å². The first-order chi connectivity index (χ1) is 7.53. The van der Waals surface area contributed by atoms with Crippen molar-refractivity contribution in [2.45, 2.75) is 51.5 Å². The second-order valence-corrected chi connectivity index (χ2v) is 7.28. The predicted molar refractivity (Wildman–Crippen MR) is 68.4 cm³/mol. The Hall–Kier alpha value is -0.0900.